The number of carbonyl (C=O) groups is 1. The Balaban J connectivity index is 3.19. The first-order valence-electron chi connectivity index (χ1n) is 4.43. The lowest BCUT2D eigenvalue weighted by Gasteiger charge is -2.08. The fraction of sp³-hybridized carbons (Fsp3) is 0.364. The first kappa shape index (κ1) is 11.9. The molecule has 1 aromatic carbocycles. The Morgan fingerprint density at radius 3 is 2.00 bits per heavy atom. The molecular formula is C11H12Br2O. The maximum atomic E-state index is 11.7. The summed E-state index contributed by atoms with van der Waals surface area (Å²) < 4.78 is 1.94. The highest BCUT2D eigenvalue weighted by Gasteiger charge is 2.13. The summed E-state index contributed by atoms with van der Waals surface area (Å²) in [7, 11) is 0. The Morgan fingerprint density at radius 2 is 1.64 bits per heavy atom. The number of benzene rings is 1. The lowest BCUT2D eigenvalue weighted by atomic mass is 10.0. The molecule has 14 heavy (non-hydrogen) atoms. The number of halogens is 2. The van der Waals surface area contributed by atoms with Gasteiger partial charge in [-0.2, -0.15) is 0 Å². The molecule has 0 fully saturated rings. The van der Waals surface area contributed by atoms with Crippen molar-refractivity contribution in [3.63, 3.8) is 0 Å². The molecule has 0 amide bonds. The van der Waals surface area contributed by atoms with Crippen LogP contribution < -0.4 is 0 Å². The summed E-state index contributed by atoms with van der Waals surface area (Å²) in [6.45, 7) is 5.81. The zero-order chi connectivity index (χ0) is 10.9. The fourth-order valence-electron chi connectivity index (χ4n) is 1.12. The van der Waals surface area contributed by atoms with Gasteiger partial charge in [0.1, 0.15) is 0 Å². The number of rotatable bonds is 2. The number of ketones is 1. The van der Waals surface area contributed by atoms with E-state index in [2.05, 4.69) is 31.9 Å². The van der Waals surface area contributed by atoms with Crippen molar-refractivity contribution in [3.8, 4) is 0 Å². The van der Waals surface area contributed by atoms with Crippen molar-refractivity contribution in [2.45, 2.75) is 20.8 Å². The van der Waals surface area contributed by atoms with Crippen LogP contribution in [0, 0.1) is 12.8 Å². The first-order chi connectivity index (χ1) is 6.43. The normalized spacial score (nSPS) is 10.7. The van der Waals surface area contributed by atoms with E-state index >= 15 is 0 Å². The quantitative estimate of drug-likeness (QED) is 0.740. The summed E-state index contributed by atoms with van der Waals surface area (Å²) in [6.07, 6.45) is 0. The van der Waals surface area contributed by atoms with E-state index in [0.717, 1.165) is 20.1 Å². The lowest BCUT2D eigenvalue weighted by Crippen LogP contribution is -2.07. The third-order valence-electron chi connectivity index (χ3n) is 2.09. The highest BCUT2D eigenvalue weighted by Crippen LogP contribution is 2.27. The van der Waals surface area contributed by atoms with Gasteiger partial charge in [0, 0.05) is 20.4 Å². The van der Waals surface area contributed by atoms with Crippen LogP contribution in [-0.4, -0.2) is 5.78 Å². The molecule has 0 heterocycles. The molecule has 0 aromatic heterocycles. The number of carbonyl (C=O) groups excluding carboxylic acids is 1. The van der Waals surface area contributed by atoms with Gasteiger partial charge in [-0.1, -0.05) is 45.7 Å². The van der Waals surface area contributed by atoms with Crippen LogP contribution in [-0.2, 0) is 0 Å². The Bertz CT molecular complexity index is 347. The molecule has 0 radical (unpaired) electrons. The smallest absolute Gasteiger partial charge is 0.165 e. The number of hydrogen-bond donors (Lipinski definition) is 0. The molecule has 0 aliphatic heterocycles. The molecule has 0 aliphatic carbocycles. The molecule has 0 saturated carbocycles. The van der Waals surface area contributed by atoms with Crippen LogP contribution >= 0.6 is 31.9 Å². The van der Waals surface area contributed by atoms with Gasteiger partial charge >= 0.3 is 0 Å². The minimum Gasteiger partial charge on any atom is -0.294 e. The molecule has 0 saturated heterocycles. The van der Waals surface area contributed by atoms with E-state index < -0.39 is 0 Å². The van der Waals surface area contributed by atoms with E-state index in [1.807, 2.05) is 32.9 Å². The van der Waals surface area contributed by atoms with Gasteiger partial charge in [0.25, 0.3) is 0 Å². The van der Waals surface area contributed by atoms with E-state index in [1.54, 1.807) is 0 Å². The molecule has 1 rings (SSSR count). The summed E-state index contributed by atoms with van der Waals surface area (Å²) in [4.78, 5) is 11.7. The van der Waals surface area contributed by atoms with Crippen LogP contribution in [0.4, 0.5) is 0 Å². The average Bonchev–Trinajstić information content (AvgIpc) is 2.12. The molecule has 0 N–H and O–H groups in total. The lowest BCUT2D eigenvalue weighted by molar-refractivity contribution is 0.0939. The topological polar surface area (TPSA) is 17.1 Å². The minimum absolute atomic E-state index is 0.0384. The van der Waals surface area contributed by atoms with Crippen molar-refractivity contribution in [1.29, 1.82) is 0 Å². The van der Waals surface area contributed by atoms with Crippen LogP contribution in [0.15, 0.2) is 21.1 Å². The van der Waals surface area contributed by atoms with Crippen molar-refractivity contribution in [3.05, 3.63) is 32.2 Å². The number of Topliss-reactive ketones (excluding diaryl/α,β-unsaturated/α-hetero) is 1. The van der Waals surface area contributed by atoms with Crippen LogP contribution in [0.5, 0.6) is 0 Å². The van der Waals surface area contributed by atoms with Crippen LogP contribution in [0.2, 0.25) is 0 Å². The molecule has 1 nitrogen and oxygen atoms in total. The third kappa shape index (κ3) is 2.45. The first-order valence-corrected chi connectivity index (χ1v) is 6.02. The third-order valence-corrected chi connectivity index (χ3v) is 3.74. The summed E-state index contributed by atoms with van der Waals surface area (Å²) in [6, 6.07) is 3.75. The highest BCUT2D eigenvalue weighted by molar-refractivity contribution is 9.11. The SMILES string of the molecule is Cc1c(Br)cc(C(=O)C(C)C)cc1Br. The largest absolute Gasteiger partial charge is 0.294 e. The van der Waals surface area contributed by atoms with Gasteiger partial charge in [0.15, 0.2) is 5.78 Å². The Hall–Kier alpha value is -0.150. The molecule has 76 valence electrons. The van der Waals surface area contributed by atoms with Crippen LogP contribution in [0.3, 0.4) is 0 Å². The molecule has 3 heteroatoms. The molecule has 0 atom stereocenters. The molecule has 0 spiro atoms. The van der Waals surface area contributed by atoms with Gasteiger partial charge in [-0.25, -0.2) is 0 Å². The summed E-state index contributed by atoms with van der Waals surface area (Å²) in [5.74, 6) is 0.211. The second kappa shape index (κ2) is 4.58. The summed E-state index contributed by atoms with van der Waals surface area (Å²) in [5, 5.41) is 0. The van der Waals surface area contributed by atoms with Gasteiger partial charge in [-0.15, -0.1) is 0 Å². The van der Waals surface area contributed by atoms with Gasteiger partial charge in [-0.3, -0.25) is 4.79 Å². The Kier molecular flexibility index (Phi) is 3.90. The van der Waals surface area contributed by atoms with E-state index in [9.17, 15) is 4.79 Å². The van der Waals surface area contributed by atoms with Crippen molar-refractivity contribution < 1.29 is 4.79 Å². The highest BCUT2D eigenvalue weighted by atomic mass is 79.9. The molecular weight excluding hydrogens is 308 g/mol. The van der Waals surface area contributed by atoms with Crippen LogP contribution in [0.1, 0.15) is 29.8 Å². The maximum absolute atomic E-state index is 11.7. The summed E-state index contributed by atoms with van der Waals surface area (Å²) in [5.41, 5.74) is 1.87. The molecule has 0 aliphatic rings. The van der Waals surface area contributed by atoms with Gasteiger partial charge < -0.3 is 0 Å². The predicted octanol–water partition coefficient (Wildman–Crippen LogP) is 4.36. The van der Waals surface area contributed by atoms with Crippen molar-refractivity contribution in [2.75, 3.05) is 0 Å². The zero-order valence-electron chi connectivity index (χ0n) is 8.40. The van der Waals surface area contributed by atoms with Gasteiger partial charge in [0.05, 0.1) is 0 Å². The van der Waals surface area contributed by atoms with Crippen LogP contribution in [0.25, 0.3) is 0 Å². The van der Waals surface area contributed by atoms with E-state index in [0.29, 0.717) is 0 Å². The average molecular weight is 320 g/mol. The Labute approximate surface area is 101 Å². The van der Waals surface area contributed by atoms with E-state index in [-0.39, 0.29) is 11.7 Å². The standard InChI is InChI=1S/C11H12Br2O/c1-6(2)11(14)8-4-9(12)7(3)10(13)5-8/h4-6H,1-3H3. The van der Waals surface area contributed by atoms with E-state index in [4.69, 9.17) is 0 Å². The predicted molar refractivity (Wildman–Crippen MR) is 65.7 cm³/mol. The van der Waals surface area contributed by atoms with E-state index in [1.165, 1.54) is 0 Å². The van der Waals surface area contributed by atoms with Crippen molar-refractivity contribution in [2.24, 2.45) is 5.92 Å². The molecule has 1 aromatic rings. The van der Waals surface area contributed by atoms with Gasteiger partial charge in [0.2, 0.25) is 0 Å². The maximum Gasteiger partial charge on any atom is 0.165 e. The zero-order valence-corrected chi connectivity index (χ0v) is 11.6. The van der Waals surface area contributed by atoms with Crippen molar-refractivity contribution >= 4 is 37.6 Å². The Morgan fingerprint density at radius 1 is 1.21 bits per heavy atom. The van der Waals surface area contributed by atoms with Crippen molar-refractivity contribution in [1.82, 2.24) is 0 Å². The second-order valence-corrected chi connectivity index (χ2v) is 5.29. The minimum atomic E-state index is 0.0384. The second-order valence-electron chi connectivity index (χ2n) is 3.58. The van der Waals surface area contributed by atoms with Gasteiger partial charge in [-0.05, 0) is 24.6 Å². The number of hydrogen-bond acceptors (Lipinski definition) is 1. The summed E-state index contributed by atoms with van der Waals surface area (Å²) >= 11 is 6.86. The molecule has 0 unspecified atom stereocenters. The molecule has 0 bridgehead atoms. The fourth-order valence-corrected chi connectivity index (χ4v) is 2.31. The monoisotopic (exact) mass is 318 g/mol.